The lowest BCUT2D eigenvalue weighted by Crippen LogP contribution is -2.26. The van der Waals surface area contributed by atoms with Crippen molar-refractivity contribution in [3.63, 3.8) is 0 Å². The molecule has 0 radical (unpaired) electrons. The largest absolute Gasteiger partial charge is 0.457 e. The lowest BCUT2D eigenvalue weighted by atomic mass is 10.1. The van der Waals surface area contributed by atoms with Crippen LogP contribution in [0.4, 0.5) is 0 Å². The molecule has 0 saturated heterocycles. The first-order valence-corrected chi connectivity index (χ1v) is 8.80. The molecule has 4 nitrogen and oxygen atoms in total. The van der Waals surface area contributed by atoms with Gasteiger partial charge in [0.15, 0.2) is 0 Å². The minimum atomic E-state index is -0.454. The first-order chi connectivity index (χ1) is 13.1. The number of benzene rings is 3. The Morgan fingerprint density at radius 2 is 1.48 bits per heavy atom. The zero-order valence-corrected chi connectivity index (χ0v) is 15.1. The van der Waals surface area contributed by atoms with E-state index in [1.807, 2.05) is 67.6 Å². The van der Waals surface area contributed by atoms with Gasteiger partial charge in [-0.25, -0.2) is 4.79 Å². The molecule has 0 aromatic heterocycles. The molecular weight excluding hydrogens is 338 g/mol. The van der Waals surface area contributed by atoms with Crippen molar-refractivity contribution in [2.24, 2.45) is 0 Å². The van der Waals surface area contributed by atoms with E-state index in [9.17, 15) is 9.59 Å². The fraction of sp³-hybridized carbons (Fsp3) is 0.130. The monoisotopic (exact) mass is 359 g/mol. The van der Waals surface area contributed by atoms with E-state index in [2.05, 4.69) is 5.32 Å². The minimum Gasteiger partial charge on any atom is -0.457 e. The van der Waals surface area contributed by atoms with Crippen molar-refractivity contribution in [1.29, 1.82) is 0 Å². The molecule has 27 heavy (non-hydrogen) atoms. The second-order valence-corrected chi connectivity index (χ2v) is 6.25. The minimum absolute atomic E-state index is 0.132. The van der Waals surface area contributed by atoms with Crippen molar-refractivity contribution in [3.05, 3.63) is 107 Å². The van der Waals surface area contributed by atoms with Crippen LogP contribution in [-0.2, 0) is 11.3 Å². The van der Waals surface area contributed by atoms with Gasteiger partial charge in [-0.3, -0.25) is 4.79 Å². The molecule has 0 aliphatic heterocycles. The molecular formula is C23H21NO3. The molecule has 1 amide bonds. The standard InChI is InChI=1S/C23H21NO3/c1-17(19-11-6-3-7-12-19)24-22(25)20-13-8-14-21(15-20)23(26)27-16-18-9-4-2-5-10-18/h2-15,17H,16H2,1H3,(H,24,25)/t17-/m0/s1. The number of amides is 1. The van der Waals surface area contributed by atoms with Gasteiger partial charge in [0.25, 0.3) is 5.91 Å². The highest BCUT2D eigenvalue weighted by atomic mass is 16.5. The maximum atomic E-state index is 12.5. The van der Waals surface area contributed by atoms with E-state index >= 15 is 0 Å². The molecule has 4 heteroatoms. The maximum absolute atomic E-state index is 12.5. The van der Waals surface area contributed by atoms with E-state index in [0.29, 0.717) is 11.1 Å². The van der Waals surface area contributed by atoms with Crippen LogP contribution in [-0.4, -0.2) is 11.9 Å². The third-order valence-electron chi connectivity index (χ3n) is 4.22. The summed E-state index contributed by atoms with van der Waals surface area (Å²) >= 11 is 0. The summed E-state index contributed by atoms with van der Waals surface area (Å²) in [5.41, 5.74) is 2.71. The SMILES string of the molecule is C[C@H](NC(=O)c1cccc(C(=O)OCc2ccccc2)c1)c1ccccc1. The van der Waals surface area contributed by atoms with Crippen LogP contribution in [0.3, 0.4) is 0 Å². The first-order valence-electron chi connectivity index (χ1n) is 8.80. The van der Waals surface area contributed by atoms with Crippen molar-refractivity contribution in [2.45, 2.75) is 19.6 Å². The molecule has 3 aromatic carbocycles. The van der Waals surface area contributed by atoms with E-state index < -0.39 is 5.97 Å². The summed E-state index contributed by atoms with van der Waals surface area (Å²) in [6, 6.07) is 25.6. The number of esters is 1. The van der Waals surface area contributed by atoms with Crippen LogP contribution in [0.1, 0.15) is 44.8 Å². The summed E-state index contributed by atoms with van der Waals surface area (Å²) in [4.78, 5) is 24.8. The van der Waals surface area contributed by atoms with Crippen molar-refractivity contribution in [2.75, 3.05) is 0 Å². The van der Waals surface area contributed by atoms with E-state index in [1.54, 1.807) is 24.3 Å². The molecule has 0 aliphatic rings. The van der Waals surface area contributed by atoms with Crippen LogP contribution >= 0.6 is 0 Å². The zero-order chi connectivity index (χ0) is 19.1. The average molecular weight is 359 g/mol. The van der Waals surface area contributed by atoms with Gasteiger partial charge in [-0.15, -0.1) is 0 Å². The van der Waals surface area contributed by atoms with Gasteiger partial charge in [0.05, 0.1) is 11.6 Å². The Morgan fingerprint density at radius 1 is 0.852 bits per heavy atom. The fourth-order valence-corrected chi connectivity index (χ4v) is 2.70. The van der Waals surface area contributed by atoms with Crippen molar-refractivity contribution >= 4 is 11.9 Å². The predicted octanol–water partition coefficient (Wildman–Crippen LogP) is 4.53. The van der Waals surface area contributed by atoms with Gasteiger partial charge in [0.1, 0.15) is 6.61 Å². The Kier molecular flexibility index (Phi) is 6.00. The van der Waals surface area contributed by atoms with Crippen molar-refractivity contribution < 1.29 is 14.3 Å². The summed E-state index contributed by atoms with van der Waals surface area (Å²) in [6.07, 6.45) is 0. The summed E-state index contributed by atoms with van der Waals surface area (Å²) < 4.78 is 5.33. The van der Waals surface area contributed by atoms with Crippen molar-refractivity contribution in [3.8, 4) is 0 Å². The van der Waals surface area contributed by atoms with Crippen LogP contribution in [0, 0.1) is 0 Å². The van der Waals surface area contributed by atoms with E-state index in [4.69, 9.17) is 4.74 Å². The smallest absolute Gasteiger partial charge is 0.338 e. The van der Waals surface area contributed by atoms with Crippen molar-refractivity contribution in [1.82, 2.24) is 5.32 Å². The van der Waals surface area contributed by atoms with Gasteiger partial charge in [-0.05, 0) is 36.2 Å². The van der Waals surface area contributed by atoms with Crippen LogP contribution in [0.5, 0.6) is 0 Å². The Balaban J connectivity index is 1.64. The second kappa shape index (κ2) is 8.81. The van der Waals surface area contributed by atoms with Gasteiger partial charge < -0.3 is 10.1 Å². The van der Waals surface area contributed by atoms with Crippen LogP contribution in [0.2, 0.25) is 0 Å². The topological polar surface area (TPSA) is 55.4 Å². The molecule has 0 spiro atoms. The molecule has 0 unspecified atom stereocenters. The van der Waals surface area contributed by atoms with E-state index in [-0.39, 0.29) is 18.6 Å². The van der Waals surface area contributed by atoms with Crippen LogP contribution in [0.15, 0.2) is 84.9 Å². The number of nitrogens with one attached hydrogen (secondary N) is 1. The molecule has 0 aliphatic carbocycles. The predicted molar refractivity (Wildman–Crippen MR) is 104 cm³/mol. The summed E-state index contributed by atoms with van der Waals surface area (Å²) in [7, 11) is 0. The van der Waals surface area contributed by atoms with E-state index in [1.165, 1.54) is 0 Å². The average Bonchev–Trinajstić information content (AvgIpc) is 2.73. The summed E-state index contributed by atoms with van der Waals surface area (Å²) in [6.45, 7) is 2.12. The molecule has 136 valence electrons. The maximum Gasteiger partial charge on any atom is 0.338 e. The highest BCUT2D eigenvalue weighted by Gasteiger charge is 2.14. The van der Waals surface area contributed by atoms with Gasteiger partial charge in [0, 0.05) is 5.56 Å². The number of ether oxygens (including phenoxy) is 1. The normalized spacial score (nSPS) is 11.4. The quantitative estimate of drug-likeness (QED) is 0.658. The molecule has 3 aromatic rings. The highest BCUT2D eigenvalue weighted by molar-refractivity contribution is 5.98. The van der Waals surface area contributed by atoms with Crippen LogP contribution in [0.25, 0.3) is 0 Å². The molecule has 3 rings (SSSR count). The number of carbonyl (C=O) groups excluding carboxylic acids is 2. The Morgan fingerprint density at radius 3 is 2.19 bits per heavy atom. The molecule has 0 fully saturated rings. The lowest BCUT2D eigenvalue weighted by molar-refractivity contribution is 0.0472. The summed E-state index contributed by atoms with van der Waals surface area (Å²) in [5, 5.41) is 2.95. The third-order valence-corrected chi connectivity index (χ3v) is 4.22. The molecule has 0 heterocycles. The zero-order valence-electron chi connectivity index (χ0n) is 15.1. The van der Waals surface area contributed by atoms with E-state index in [0.717, 1.165) is 11.1 Å². The van der Waals surface area contributed by atoms with Gasteiger partial charge in [-0.1, -0.05) is 66.7 Å². The molecule has 1 N–H and O–H groups in total. The Labute approximate surface area is 158 Å². The summed E-state index contributed by atoms with van der Waals surface area (Å²) in [5.74, 6) is -0.686. The number of hydrogen-bond donors (Lipinski definition) is 1. The first kappa shape index (κ1) is 18.4. The number of rotatable bonds is 6. The van der Waals surface area contributed by atoms with Crippen LogP contribution < -0.4 is 5.32 Å². The second-order valence-electron chi connectivity index (χ2n) is 6.25. The number of hydrogen-bond acceptors (Lipinski definition) is 3. The number of carbonyl (C=O) groups is 2. The Hall–Kier alpha value is -3.40. The van der Waals surface area contributed by atoms with Gasteiger partial charge in [-0.2, -0.15) is 0 Å². The molecule has 0 saturated carbocycles. The molecule has 0 bridgehead atoms. The molecule has 1 atom stereocenters. The highest BCUT2D eigenvalue weighted by Crippen LogP contribution is 2.14. The van der Waals surface area contributed by atoms with Gasteiger partial charge in [0.2, 0.25) is 0 Å². The van der Waals surface area contributed by atoms with Gasteiger partial charge >= 0.3 is 5.97 Å². The fourth-order valence-electron chi connectivity index (χ4n) is 2.70. The Bertz CT molecular complexity index is 907. The third kappa shape index (κ3) is 5.05. The lowest BCUT2D eigenvalue weighted by Gasteiger charge is -2.14.